The molecule has 0 saturated heterocycles. The van der Waals surface area contributed by atoms with Gasteiger partial charge < -0.3 is 4.74 Å². The van der Waals surface area contributed by atoms with Crippen molar-refractivity contribution in [3.8, 4) is 5.75 Å². The molecule has 0 radical (unpaired) electrons. The largest absolute Gasteiger partial charge is 0.493 e. The van der Waals surface area contributed by atoms with Crippen LogP contribution in [0.2, 0.25) is 5.02 Å². The number of aryl methyl sites for hydroxylation is 4. The van der Waals surface area contributed by atoms with Gasteiger partial charge in [-0.3, -0.25) is 4.79 Å². The molecule has 3 rings (SSSR count). The molecule has 174 valence electrons. The Bertz CT molecular complexity index is 1250. The van der Waals surface area contributed by atoms with Crippen molar-refractivity contribution in [2.45, 2.75) is 45.4 Å². The number of amides is 1. The van der Waals surface area contributed by atoms with Crippen LogP contribution in [-0.2, 0) is 14.8 Å². The minimum atomic E-state index is -4.13. The number of benzene rings is 3. The fourth-order valence-electron chi connectivity index (χ4n) is 3.42. The normalized spacial score (nSPS) is 11.3. The van der Waals surface area contributed by atoms with Crippen LogP contribution in [0, 0.1) is 27.7 Å². The molecule has 0 aliphatic heterocycles. The lowest BCUT2D eigenvalue weighted by atomic mass is 10.1. The molecular weight excluding hydrogens is 458 g/mol. The van der Waals surface area contributed by atoms with Gasteiger partial charge in [0.15, 0.2) is 0 Å². The SMILES string of the molecule is Cc1ccc(C)c(OCCCC(=O)N(c2cc(C)ccc2C)S(=O)(=O)c2ccc(Cl)cc2)c1. The number of hydrogen-bond acceptors (Lipinski definition) is 4. The number of anilines is 1. The van der Waals surface area contributed by atoms with Crippen molar-refractivity contribution < 1.29 is 17.9 Å². The smallest absolute Gasteiger partial charge is 0.270 e. The van der Waals surface area contributed by atoms with E-state index in [1.165, 1.54) is 24.3 Å². The lowest BCUT2D eigenvalue weighted by Gasteiger charge is -2.25. The maximum absolute atomic E-state index is 13.5. The van der Waals surface area contributed by atoms with Crippen LogP contribution >= 0.6 is 11.6 Å². The molecule has 5 nitrogen and oxygen atoms in total. The molecule has 33 heavy (non-hydrogen) atoms. The summed E-state index contributed by atoms with van der Waals surface area (Å²) in [4.78, 5) is 13.3. The fraction of sp³-hybridized carbons (Fsp3) is 0.269. The van der Waals surface area contributed by atoms with Gasteiger partial charge in [0.1, 0.15) is 5.75 Å². The van der Waals surface area contributed by atoms with Gasteiger partial charge in [-0.1, -0.05) is 35.9 Å². The summed E-state index contributed by atoms with van der Waals surface area (Å²) >= 11 is 5.93. The average Bonchev–Trinajstić information content (AvgIpc) is 2.76. The second-order valence-electron chi connectivity index (χ2n) is 8.13. The molecule has 7 heteroatoms. The van der Waals surface area contributed by atoms with Gasteiger partial charge in [0.05, 0.1) is 17.2 Å². The number of rotatable bonds is 8. The molecule has 0 aliphatic rings. The molecule has 0 unspecified atom stereocenters. The number of carbonyl (C=O) groups is 1. The number of halogens is 1. The minimum absolute atomic E-state index is 0.00721. The van der Waals surface area contributed by atoms with Crippen LogP contribution < -0.4 is 9.04 Å². The van der Waals surface area contributed by atoms with Crippen LogP contribution in [0.1, 0.15) is 35.1 Å². The number of carbonyl (C=O) groups excluding carboxylic acids is 1. The zero-order chi connectivity index (χ0) is 24.2. The van der Waals surface area contributed by atoms with Gasteiger partial charge in [-0.15, -0.1) is 0 Å². The molecule has 0 aromatic heterocycles. The van der Waals surface area contributed by atoms with E-state index in [4.69, 9.17) is 16.3 Å². The Kier molecular flexibility index (Phi) is 7.82. The first-order valence-electron chi connectivity index (χ1n) is 10.7. The van der Waals surface area contributed by atoms with Gasteiger partial charge in [-0.25, -0.2) is 12.7 Å². The highest BCUT2D eigenvalue weighted by Gasteiger charge is 2.31. The third-order valence-corrected chi connectivity index (χ3v) is 7.30. The molecule has 0 atom stereocenters. The topological polar surface area (TPSA) is 63.7 Å². The van der Waals surface area contributed by atoms with E-state index in [1.807, 2.05) is 51.1 Å². The van der Waals surface area contributed by atoms with E-state index in [-0.39, 0.29) is 11.3 Å². The van der Waals surface area contributed by atoms with E-state index in [0.29, 0.717) is 29.3 Å². The molecule has 1 amide bonds. The minimum Gasteiger partial charge on any atom is -0.493 e. The van der Waals surface area contributed by atoms with E-state index >= 15 is 0 Å². The van der Waals surface area contributed by atoms with Crippen LogP contribution in [0.25, 0.3) is 0 Å². The molecule has 0 aliphatic carbocycles. The zero-order valence-corrected chi connectivity index (χ0v) is 20.8. The second-order valence-corrected chi connectivity index (χ2v) is 10.4. The summed E-state index contributed by atoms with van der Waals surface area (Å²) in [6, 6.07) is 17.2. The Morgan fingerprint density at radius 1 is 0.879 bits per heavy atom. The third-order valence-electron chi connectivity index (χ3n) is 5.30. The Labute approximate surface area is 201 Å². The van der Waals surface area contributed by atoms with Crippen molar-refractivity contribution in [3.05, 3.63) is 87.9 Å². The average molecular weight is 486 g/mol. The Morgan fingerprint density at radius 2 is 1.48 bits per heavy atom. The van der Waals surface area contributed by atoms with E-state index < -0.39 is 15.9 Å². The molecule has 0 saturated carbocycles. The first-order valence-corrected chi connectivity index (χ1v) is 12.5. The zero-order valence-electron chi connectivity index (χ0n) is 19.3. The molecule has 0 fully saturated rings. The van der Waals surface area contributed by atoms with Crippen LogP contribution in [0.5, 0.6) is 5.75 Å². The van der Waals surface area contributed by atoms with Gasteiger partial charge in [0.25, 0.3) is 10.0 Å². The summed E-state index contributed by atoms with van der Waals surface area (Å²) in [5, 5.41) is 0.419. The van der Waals surface area contributed by atoms with E-state index in [2.05, 4.69) is 0 Å². The molecule has 0 heterocycles. The van der Waals surface area contributed by atoms with Crippen molar-refractivity contribution >= 4 is 33.2 Å². The second kappa shape index (κ2) is 10.4. The number of hydrogen-bond donors (Lipinski definition) is 0. The molecule has 3 aromatic carbocycles. The lowest BCUT2D eigenvalue weighted by molar-refractivity contribution is -0.117. The Balaban J connectivity index is 1.84. The summed E-state index contributed by atoms with van der Waals surface area (Å²) in [7, 11) is -4.13. The predicted octanol–water partition coefficient (Wildman–Crippen LogP) is 6.15. The third kappa shape index (κ3) is 5.95. The van der Waals surface area contributed by atoms with Gasteiger partial charge >= 0.3 is 0 Å². The molecule has 0 bridgehead atoms. The van der Waals surface area contributed by atoms with Crippen molar-refractivity contribution in [1.29, 1.82) is 0 Å². The maximum atomic E-state index is 13.5. The molecule has 0 spiro atoms. The highest BCUT2D eigenvalue weighted by Crippen LogP contribution is 2.30. The predicted molar refractivity (Wildman–Crippen MR) is 133 cm³/mol. The molecular formula is C26H28ClNO4S. The highest BCUT2D eigenvalue weighted by molar-refractivity contribution is 7.93. The Hall–Kier alpha value is -2.83. The maximum Gasteiger partial charge on any atom is 0.270 e. The number of nitrogens with zero attached hydrogens (tertiary/aromatic N) is 1. The number of sulfonamides is 1. The standard InChI is InChI=1S/C26H28ClNO4S/c1-18-7-9-20(3)24(16-18)28(33(30,31)23-13-11-22(27)12-14-23)26(29)6-5-15-32-25-17-19(2)8-10-21(25)4/h7-14,16-17H,5-6,15H2,1-4H3. The summed E-state index contributed by atoms with van der Waals surface area (Å²) in [6.45, 7) is 7.90. The monoisotopic (exact) mass is 485 g/mol. The van der Waals surface area contributed by atoms with Gasteiger partial charge in [0, 0.05) is 11.4 Å². The highest BCUT2D eigenvalue weighted by atomic mass is 35.5. The summed E-state index contributed by atoms with van der Waals surface area (Å²) < 4.78 is 33.8. The van der Waals surface area contributed by atoms with Gasteiger partial charge in [-0.2, -0.15) is 0 Å². The van der Waals surface area contributed by atoms with Crippen molar-refractivity contribution in [2.75, 3.05) is 10.9 Å². The van der Waals surface area contributed by atoms with Crippen LogP contribution in [-0.4, -0.2) is 20.9 Å². The van der Waals surface area contributed by atoms with Crippen LogP contribution in [0.3, 0.4) is 0 Å². The molecule has 3 aromatic rings. The van der Waals surface area contributed by atoms with Gasteiger partial charge in [-0.05, 0) is 92.8 Å². The van der Waals surface area contributed by atoms with Crippen LogP contribution in [0.4, 0.5) is 5.69 Å². The molecule has 0 N–H and O–H groups in total. The fourth-order valence-corrected chi connectivity index (χ4v) is 5.05. The summed E-state index contributed by atoms with van der Waals surface area (Å²) in [5.74, 6) is 0.255. The first kappa shape index (κ1) is 24.8. The van der Waals surface area contributed by atoms with Crippen molar-refractivity contribution in [2.24, 2.45) is 0 Å². The van der Waals surface area contributed by atoms with Gasteiger partial charge in [0.2, 0.25) is 5.91 Å². The first-order chi connectivity index (χ1) is 15.6. The van der Waals surface area contributed by atoms with Crippen molar-refractivity contribution in [3.63, 3.8) is 0 Å². The summed E-state index contributed by atoms with van der Waals surface area (Å²) in [5.41, 5.74) is 4.00. The lowest BCUT2D eigenvalue weighted by Crippen LogP contribution is -2.37. The van der Waals surface area contributed by atoms with Crippen molar-refractivity contribution in [1.82, 2.24) is 0 Å². The summed E-state index contributed by atoms with van der Waals surface area (Å²) in [6.07, 6.45) is 0.398. The van der Waals surface area contributed by atoms with E-state index in [1.54, 1.807) is 13.0 Å². The van der Waals surface area contributed by atoms with E-state index in [0.717, 1.165) is 26.7 Å². The van der Waals surface area contributed by atoms with E-state index in [9.17, 15) is 13.2 Å². The van der Waals surface area contributed by atoms with Crippen LogP contribution in [0.15, 0.2) is 65.6 Å². The number of ether oxygens (including phenoxy) is 1. The Morgan fingerprint density at radius 3 is 2.15 bits per heavy atom. The quantitative estimate of drug-likeness (QED) is 0.359.